The molecule has 0 aliphatic rings. The van der Waals surface area contributed by atoms with Crippen molar-refractivity contribution in [3.63, 3.8) is 0 Å². The van der Waals surface area contributed by atoms with Crippen LogP contribution >= 0.6 is 11.3 Å². The van der Waals surface area contributed by atoms with Crippen molar-refractivity contribution < 1.29 is 4.79 Å². The molecule has 0 bridgehead atoms. The topological polar surface area (TPSA) is 17.1 Å². The predicted octanol–water partition coefficient (Wildman–Crippen LogP) is 3.95. The number of allylic oxidation sites excluding steroid dienone is 1. The van der Waals surface area contributed by atoms with E-state index in [1.807, 2.05) is 54.1 Å². The van der Waals surface area contributed by atoms with E-state index < -0.39 is 0 Å². The van der Waals surface area contributed by atoms with Gasteiger partial charge in [0.2, 0.25) is 0 Å². The highest BCUT2D eigenvalue weighted by Crippen LogP contribution is 2.11. The van der Waals surface area contributed by atoms with E-state index in [-0.39, 0.29) is 5.78 Å². The molecule has 1 nitrogen and oxygen atoms in total. The van der Waals surface area contributed by atoms with Crippen LogP contribution in [-0.2, 0) is 0 Å². The van der Waals surface area contributed by atoms with Crippen molar-refractivity contribution in [2.45, 2.75) is 6.92 Å². The molecule has 0 atom stereocenters. The maximum atomic E-state index is 11.7. The van der Waals surface area contributed by atoms with E-state index in [1.165, 1.54) is 16.9 Å². The summed E-state index contributed by atoms with van der Waals surface area (Å²) in [7, 11) is 0. The monoisotopic (exact) mass is 228 g/mol. The molecular formula is C14H12OS. The zero-order valence-corrected chi connectivity index (χ0v) is 9.83. The largest absolute Gasteiger partial charge is 0.289 e. The van der Waals surface area contributed by atoms with Gasteiger partial charge in [0.15, 0.2) is 5.78 Å². The molecule has 0 spiro atoms. The van der Waals surface area contributed by atoms with E-state index in [9.17, 15) is 4.79 Å². The summed E-state index contributed by atoms with van der Waals surface area (Å²) >= 11 is 1.54. The summed E-state index contributed by atoms with van der Waals surface area (Å²) in [6.45, 7) is 2.04. The summed E-state index contributed by atoms with van der Waals surface area (Å²) in [6.07, 6.45) is 3.50. The Kier molecular flexibility index (Phi) is 3.32. The minimum atomic E-state index is 0.0597. The highest BCUT2D eigenvalue weighted by atomic mass is 32.1. The summed E-state index contributed by atoms with van der Waals surface area (Å²) in [5.41, 5.74) is 3.03. The molecule has 0 N–H and O–H groups in total. The normalized spacial score (nSPS) is 10.8. The second-order valence-electron chi connectivity index (χ2n) is 3.57. The molecule has 1 aromatic heterocycles. The molecular weight excluding hydrogens is 216 g/mol. The number of thiophene rings is 1. The molecule has 0 fully saturated rings. The molecule has 2 rings (SSSR count). The van der Waals surface area contributed by atoms with Crippen LogP contribution in [0.5, 0.6) is 0 Å². The number of aryl methyl sites for hydroxylation is 1. The molecule has 1 aromatic carbocycles. The number of rotatable bonds is 3. The molecule has 0 saturated carbocycles. The lowest BCUT2D eigenvalue weighted by molar-refractivity contribution is 0.104. The third-order valence-electron chi connectivity index (χ3n) is 2.41. The third kappa shape index (κ3) is 2.47. The van der Waals surface area contributed by atoms with Crippen LogP contribution in [0.4, 0.5) is 0 Å². The van der Waals surface area contributed by atoms with E-state index in [1.54, 1.807) is 6.08 Å². The van der Waals surface area contributed by atoms with Gasteiger partial charge in [0.25, 0.3) is 0 Å². The first-order valence-electron chi connectivity index (χ1n) is 5.07. The molecule has 0 amide bonds. The third-order valence-corrected chi connectivity index (χ3v) is 3.09. The van der Waals surface area contributed by atoms with Gasteiger partial charge in [-0.1, -0.05) is 30.3 Å². The zero-order chi connectivity index (χ0) is 11.4. The van der Waals surface area contributed by atoms with Gasteiger partial charge in [-0.05, 0) is 35.6 Å². The number of carbonyl (C=O) groups is 1. The summed E-state index contributed by atoms with van der Waals surface area (Å²) < 4.78 is 0. The molecule has 1 heterocycles. The van der Waals surface area contributed by atoms with Gasteiger partial charge in [-0.15, -0.1) is 0 Å². The minimum Gasteiger partial charge on any atom is -0.289 e. The Morgan fingerprint density at radius 3 is 2.75 bits per heavy atom. The number of benzene rings is 1. The van der Waals surface area contributed by atoms with Gasteiger partial charge in [-0.25, -0.2) is 0 Å². The number of hydrogen-bond donors (Lipinski definition) is 0. The number of ketones is 1. The van der Waals surface area contributed by atoms with Crippen molar-refractivity contribution in [2.24, 2.45) is 0 Å². The van der Waals surface area contributed by atoms with Crippen molar-refractivity contribution in [3.05, 3.63) is 63.9 Å². The SMILES string of the molecule is Cc1ccccc1C=CC(=O)c1ccsc1. The van der Waals surface area contributed by atoms with Crippen molar-refractivity contribution in [1.82, 2.24) is 0 Å². The maximum Gasteiger partial charge on any atom is 0.186 e. The van der Waals surface area contributed by atoms with Crippen LogP contribution in [0.15, 0.2) is 47.2 Å². The fourth-order valence-corrected chi connectivity index (χ4v) is 2.09. The van der Waals surface area contributed by atoms with Crippen LogP contribution in [0.3, 0.4) is 0 Å². The first-order valence-corrected chi connectivity index (χ1v) is 6.02. The van der Waals surface area contributed by atoms with Crippen LogP contribution in [0.1, 0.15) is 21.5 Å². The Morgan fingerprint density at radius 1 is 1.25 bits per heavy atom. The minimum absolute atomic E-state index is 0.0597. The van der Waals surface area contributed by atoms with Crippen molar-refractivity contribution in [1.29, 1.82) is 0 Å². The molecule has 2 aromatic rings. The van der Waals surface area contributed by atoms with Gasteiger partial charge >= 0.3 is 0 Å². The van der Waals surface area contributed by atoms with Crippen molar-refractivity contribution >= 4 is 23.2 Å². The van der Waals surface area contributed by atoms with Gasteiger partial charge < -0.3 is 0 Å². The quantitative estimate of drug-likeness (QED) is 0.574. The Morgan fingerprint density at radius 2 is 2.06 bits per heavy atom. The zero-order valence-electron chi connectivity index (χ0n) is 9.01. The lowest BCUT2D eigenvalue weighted by Crippen LogP contribution is -1.90. The van der Waals surface area contributed by atoms with Gasteiger partial charge in [0.05, 0.1) is 0 Å². The molecule has 2 heteroatoms. The standard InChI is InChI=1S/C14H12OS/c1-11-4-2-3-5-12(11)6-7-14(15)13-8-9-16-10-13/h2-10H,1H3. The second kappa shape index (κ2) is 4.90. The molecule has 0 aliphatic heterocycles. The van der Waals surface area contributed by atoms with E-state index in [4.69, 9.17) is 0 Å². The molecule has 0 unspecified atom stereocenters. The second-order valence-corrected chi connectivity index (χ2v) is 4.35. The molecule has 0 aliphatic carbocycles. The van der Waals surface area contributed by atoms with E-state index in [0.29, 0.717) is 0 Å². The average molecular weight is 228 g/mol. The van der Waals surface area contributed by atoms with Gasteiger partial charge in [-0.2, -0.15) is 11.3 Å². The highest BCUT2D eigenvalue weighted by molar-refractivity contribution is 7.08. The molecule has 0 saturated heterocycles. The van der Waals surface area contributed by atoms with Gasteiger partial charge in [0.1, 0.15) is 0 Å². The van der Waals surface area contributed by atoms with Crippen LogP contribution in [0.2, 0.25) is 0 Å². The van der Waals surface area contributed by atoms with E-state index in [0.717, 1.165) is 11.1 Å². The Bertz CT molecular complexity index is 509. The first-order chi connectivity index (χ1) is 7.77. The highest BCUT2D eigenvalue weighted by Gasteiger charge is 2.01. The molecule has 16 heavy (non-hydrogen) atoms. The van der Waals surface area contributed by atoms with Crippen LogP contribution in [0.25, 0.3) is 6.08 Å². The summed E-state index contributed by atoms with van der Waals surface area (Å²) in [4.78, 5) is 11.7. The Labute approximate surface area is 99.1 Å². The molecule has 80 valence electrons. The first kappa shape index (κ1) is 10.8. The van der Waals surface area contributed by atoms with Gasteiger partial charge in [0, 0.05) is 10.9 Å². The fourth-order valence-electron chi connectivity index (χ4n) is 1.44. The van der Waals surface area contributed by atoms with Gasteiger partial charge in [-0.3, -0.25) is 4.79 Å². The average Bonchev–Trinajstić information content (AvgIpc) is 2.81. The van der Waals surface area contributed by atoms with Crippen LogP contribution in [-0.4, -0.2) is 5.78 Å². The smallest absolute Gasteiger partial charge is 0.186 e. The van der Waals surface area contributed by atoms with Crippen LogP contribution in [0, 0.1) is 6.92 Å². The maximum absolute atomic E-state index is 11.7. The summed E-state index contributed by atoms with van der Waals surface area (Å²) in [6, 6.07) is 9.85. The van der Waals surface area contributed by atoms with Crippen molar-refractivity contribution in [2.75, 3.05) is 0 Å². The fraction of sp³-hybridized carbons (Fsp3) is 0.0714. The predicted molar refractivity (Wildman–Crippen MR) is 68.9 cm³/mol. The van der Waals surface area contributed by atoms with E-state index >= 15 is 0 Å². The Hall–Kier alpha value is -1.67. The van der Waals surface area contributed by atoms with Crippen molar-refractivity contribution in [3.8, 4) is 0 Å². The number of hydrogen-bond acceptors (Lipinski definition) is 2. The summed E-state index contributed by atoms with van der Waals surface area (Å²) in [5.74, 6) is 0.0597. The Balaban J connectivity index is 2.16. The molecule has 0 radical (unpaired) electrons. The van der Waals surface area contributed by atoms with Crippen LogP contribution < -0.4 is 0 Å². The van der Waals surface area contributed by atoms with E-state index in [2.05, 4.69) is 0 Å². The summed E-state index contributed by atoms with van der Waals surface area (Å²) in [5, 5.41) is 3.78. The number of carbonyl (C=O) groups excluding carboxylic acids is 1. The lowest BCUT2D eigenvalue weighted by Gasteiger charge is -1.97. The lowest BCUT2D eigenvalue weighted by atomic mass is 10.1.